The quantitative estimate of drug-likeness (QED) is 0.102. The molecule has 0 spiro atoms. The van der Waals surface area contributed by atoms with Gasteiger partial charge < -0.3 is 0 Å². The van der Waals surface area contributed by atoms with E-state index in [4.69, 9.17) is 15.0 Å². The van der Waals surface area contributed by atoms with Crippen molar-refractivity contribution in [2.75, 3.05) is 0 Å². The highest BCUT2D eigenvalue weighted by molar-refractivity contribution is 6.14. The smallest absolute Gasteiger partial charge is 0.160 e. The minimum absolute atomic E-state index is 0.196. The van der Waals surface area contributed by atoms with Gasteiger partial charge in [-0.25, -0.2) is 15.0 Å². The number of aromatic nitrogens is 2. The topological polar surface area (TPSA) is 38.1 Å². The Labute approximate surface area is 397 Å². The number of nitrogens with zero attached hydrogens (tertiary/aromatic N) is 3. The van der Waals surface area contributed by atoms with Crippen molar-refractivity contribution in [2.24, 2.45) is 4.99 Å². The summed E-state index contributed by atoms with van der Waals surface area (Å²) in [7, 11) is 0. The molecule has 0 aliphatic heterocycles. The van der Waals surface area contributed by atoms with Gasteiger partial charge in [0, 0.05) is 16.5 Å². The molecule has 1 heterocycles. The molecule has 0 saturated carbocycles. The van der Waals surface area contributed by atoms with Gasteiger partial charge in [0.25, 0.3) is 0 Å². The van der Waals surface area contributed by atoms with Crippen molar-refractivity contribution in [3.05, 3.63) is 264 Å². The maximum absolute atomic E-state index is 5.26. The number of rotatable bonds is 14. The third kappa shape index (κ3) is 10.1. The van der Waals surface area contributed by atoms with Gasteiger partial charge >= 0.3 is 0 Å². The zero-order valence-corrected chi connectivity index (χ0v) is 38.9. The highest BCUT2D eigenvalue weighted by Gasteiger charge is 2.32. The van der Waals surface area contributed by atoms with Crippen LogP contribution >= 0.6 is 0 Å². The van der Waals surface area contributed by atoms with Crippen LogP contribution in [0.2, 0.25) is 0 Å². The van der Waals surface area contributed by atoms with E-state index in [-0.39, 0.29) is 5.41 Å². The molecule has 3 nitrogen and oxygen atoms in total. The molecule has 0 amide bonds. The fourth-order valence-electron chi connectivity index (χ4n) is 9.33. The normalized spacial score (nSPS) is 14.2. The Morgan fingerprint density at radius 1 is 0.582 bits per heavy atom. The lowest BCUT2D eigenvalue weighted by molar-refractivity contribution is 0.477. The molecule has 0 atom stereocenters. The Morgan fingerprint density at radius 2 is 1.15 bits per heavy atom. The first-order chi connectivity index (χ1) is 32.9. The van der Waals surface area contributed by atoms with Gasteiger partial charge in [0.2, 0.25) is 0 Å². The molecule has 0 fully saturated rings. The van der Waals surface area contributed by atoms with E-state index in [2.05, 4.69) is 240 Å². The molecule has 2 aliphatic carbocycles. The van der Waals surface area contributed by atoms with E-state index in [9.17, 15) is 0 Å². The van der Waals surface area contributed by atoms with Crippen LogP contribution in [-0.4, -0.2) is 15.7 Å². The first kappa shape index (κ1) is 44.5. The molecule has 0 radical (unpaired) electrons. The summed E-state index contributed by atoms with van der Waals surface area (Å²) < 4.78 is 0. The number of allylic oxidation sites excluding steroid dienone is 12. The molecule has 0 bridgehead atoms. The Hall–Kier alpha value is -7.75. The van der Waals surface area contributed by atoms with Gasteiger partial charge in [-0.2, -0.15) is 0 Å². The summed E-state index contributed by atoms with van der Waals surface area (Å²) in [6, 6.07) is 59.9. The molecule has 0 unspecified atom stereocenters. The van der Waals surface area contributed by atoms with E-state index < -0.39 is 0 Å². The maximum atomic E-state index is 5.26. The number of benzene rings is 6. The van der Waals surface area contributed by atoms with Gasteiger partial charge in [-0.15, -0.1) is 0 Å². The molecule has 67 heavy (non-hydrogen) atoms. The standard InChI is InChI=1S/C64H57N3/c1-5-64(6-2,59-42-39-56(40-43-59)60(44-46(3)48-20-11-7-12-21-48)65-47(4)49-30-32-52(33-31-49)50-22-13-8-14-23-50)58-29-19-28-55(38-41-58)62-45-61(54-26-17-10-18-27-54)66-63(67-62)57-36-34-53(35-37-57)51-24-15-9-16-25-51/h7-9,11-17,19-27,29-45H,4-6,10,18,28H2,1-3H3/b46-44+,65-60?. The molecule has 3 heteroatoms. The van der Waals surface area contributed by atoms with Gasteiger partial charge in [0.15, 0.2) is 5.82 Å². The molecule has 2 aliphatic rings. The van der Waals surface area contributed by atoms with Gasteiger partial charge in [-0.05, 0) is 112 Å². The van der Waals surface area contributed by atoms with Crippen LogP contribution in [0.4, 0.5) is 0 Å². The fourth-order valence-corrected chi connectivity index (χ4v) is 9.33. The second kappa shape index (κ2) is 20.6. The predicted molar refractivity (Wildman–Crippen MR) is 285 cm³/mol. The Balaban J connectivity index is 1.04. The van der Waals surface area contributed by atoms with E-state index in [0.29, 0.717) is 0 Å². The lowest BCUT2D eigenvalue weighted by Crippen LogP contribution is -2.26. The first-order valence-corrected chi connectivity index (χ1v) is 23.7. The molecule has 9 rings (SSSR count). The maximum Gasteiger partial charge on any atom is 0.160 e. The molecule has 328 valence electrons. The first-order valence-electron chi connectivity index (χ1n) is 23.7. The minimum Gasteiger partial charge on any atom is -0.248 e. The molecule has 0 N–H and O–H groups in total. The average Bonchev–Trinajstić information content (AvgIpc) is 3.67. The Morgan fingerprint density at radius 3 is 1.76 bits per heavy atom. The summed E-state index contributed by atoms with van der Waals surface area (Å²) in [5.74, 6) is 0.739. The van der Waals surface area contributed by atoms with E-state index in [1.807, 2.05) is 6.07 Å². The number of hydrogen-bond donors (Lipinski definition) is 0. The summed E-state index contributed by atoms with van der Waals surface area (Å²) in [4.78, 5) is 15.6. The molecule has 0 saturated heterocycles. The largest absolute Gasteiger partial charge is 0.248 e. The summed E-state index contributed by atoms with van der Waals surface area (Å²) in [6.07, 6.45) is 23.0. The molecular weight excluding hydrogens is 811 g/mol. The van der Waals surface area contributed by atoms with Crippen molar-refractivity contribution >= 4 is 28.1 Å². The summed E-state index contributed by atoms with van der Waals surface area (Å²) >= 11 is 0. The predicted octanol–water partition coefficient (Wildman–Crippen LogP) is 16.8. The van der Waals surface area contributed by atoms with E-state index in [1.54, 1.807) is 0 Å². The van der Waals surface area contributed by atoms with Crippen LogP contribution in [0.5, 0.6) is 0 Å². The highest BCUT2D eigenvalue weighted by Crippen LogP contribution is 2.42. The van der Waals surface area contributed by atoms with Crippen molar-refractivity contribution in [3.8, 4) is 33.6 Å². The SMILES string of the molecule is C=C(N=C(/C=C(\C)c1ccccc1)c1ccc(C(CC)(CC)C2=CC=C(c3cc(C4=CCCC=C4)nc(-c4ccc(-c5ccccc5)cc4)n3)CC=C2)cc1)c1ccc(-c2ccccc2)cc1. The van der Waals surface area contributed by atoms with Crippen LogP contribution in [0, 0.1) is 0 Å². The summed E-state index contributed by atoms with van der Waals surface area (Å²) in [5.41, 5.74) is 18.3. The average molecular weight is 868 g/mol. The van der Waals surface area contributed by atoms with Crippen LogP contribution < -0.4 is 0 Å². The van der Waals surface area contributed by atoms with Crippen LogP contribution in [0.1, 0.15) is 86.5 Å². The third-order valence-corrected chi connectivity index (χ3v) is 13.4. The van der Waals surface area contributed by atoms with Crippen molar-refractivity contribution in [2.45, 2.75) is 58.3 Å². The Bertz CT molecular complexity index is 3070. The van der Waals surface area contributed by atoms with Gasteiger partial charge in [0.1, 0.15) is 0 Å². The lowest BCUT2D eigenvalue weighted by Gasteiger charge is -2.34. The van der Waals surface area contributed by atoms with Crippen LogP contribution in [0.25, 0.3) is 56.1 Å². The van der Waals surface area contributed by atoms with E-state index >= 15 is 0 Å². The molecule has 1 aromatic heterocycles. The second-order valence-corrected chi connectivity index (χ2v) is 17.4. The minimum atomic E-state index is -0.196. The Kier molecular flexibility index (Phi) is 13.7. The third-order valence-electron chi connectivity index (χ3n) is 13.4. The monoisotopic (exact) mass is 867 g/mol. The van der Waals surface area contributed by atoms with Gasteiger partial charge in [-0.1, -0.05) is 227 Å². The van der Waals surface area contributed by atoms with Crippen LogP contribution in [0.15, 0.2) is 236 Å². The molecule has 7 aromatic rings. The van der Waals surface area contributed by atoms with Gasteiger partial charge in [0.05, 0.1) is 22.8 Å². The second-order valence-electron chi connectivity index (χ2n) is 17.4. The highest BCUT2D eigenvalue weighted by atomic mass is 14.9. The van der Waals surface area contributed by atoms with Crippen molar-refractivity contribution < 1.29 is 0 Å². The van der Waals surface area contributed by atoms with Gasteiger partial charge in [-0.3, -0.25) is 0 Å². The fraction of sp³-hybridized carbons (Fsp3) is 0.141. The lowest BCUT2D eigenvalue weighted by atomic mass is 9.69. The van der Waals surface area contributed by atoms with Crippen molar-refractivity contribution in [1.29, 1.82) is 0 Å². The van der Waals surface area contributed by atoms with Crippen LogP contribution in [-0.2, 0) is 5.41 Å². The van der Waals surface area contributed by atoms with E-state index in [1.165, 1.54) is 39.0 Å². The van der Waals surface area contributed by atoms with E-state index in [0.717, 1.165) is 94.1 Å². The van der Waals surface area contributed by atoms with Crippen LogP contribution in [0.3, 0.4) is 0 Å². The zero-order valence-electron chi connectivity index (χ0n) is 38.9. The zero-order chi connectivity index (χ0) is 46.0. The molecule has 6 aromatic carbocycles. The summed E-state index contributed by atoms with van der Waals surface area (Å²) in [6.45, 7) is 11.2. The molecular formula is C64H57N3. The number of hydrogen-bond acceptors (Lipinski definition) is 3. The number of aliphatic imine (C=N–C) groups is 1. The van der Waals surface area contributed by atoms with Crippen molar-refractivity contribution in [3.63, 3.8) is 0 Å². The van der Waals surface area contributed by atoms with Crippen molar-refractivity contribution in [1.82, 2.24) is 9.97 Å². The summed E-state index contributed by atoms with van der Waals surface area (Å²) in [5, 5.41) is 0.